The fourth-order valence-corrected chi connectivity index (χ4v) is 0.121. The molecular formula is C3H3BrF4MgO2. The van der Waals surface area contributed by atoms with Crippen molar-refractivity contribution in [2.45, 2.75) is 10.8 Å². The summed E-state index contributed by atoms with van der Waals surface area (Å²) in [4.78, 5) is 9.53. The van der Waals surface area contributed by atoms with Crippen molar-refractivity contribution in [2.75, 3.05) is 0 Å². The Labute approximate surface area is 83.2 Å². The minimum atomic E-state index is -5.43. The minimum absolute atomic E-state index is 0. The van der Waals surface area contributed by atoms with Gasteiger partial charge in [-0.05, 0) is 15.9 Å². The van der Waals surface area contributed by atoms with Crippen molar-refractivity contribution in [3.05, 3.63) is 0 Å². The third kappa shape index (κ3) is 3.12. The Bertz CT molecular complexity index is 156. The van der Waals surface area contributed by atoms with Gasteiger partial charge in [0.2, 0.25) is 0 Å². The Kier molecular flexibility index (Phi) is 4.96. The molecule has 1 atom stereocenters. The Morgan fingerprint density at radius 1 is 1.27 bits per heavy atom. The van der Waals surface area contributed by atoms with Crippen molar-refractivity contribution < 1.29 is 27.5 Å². The van der Waals surface area contributed by atoms with Gasteiger partial charge in [0.1, 0.15) is 0 Å². The van der Waals surface area contributed by atoms with E-state index in [-0.39, 0.29) is 23.1 Å². The molecule has 11 heavy (non-hydrogen) atoms. The molecule has 0 fully saturated rings. The van der Waals surface area contributed by atoms with E-state index < -0.39 is 16.7 Å². The van der Waals surface area contributed by atoms with Crippen molar-refractivity contribution in [3.63, 3.8) is 0 Å². The predicted molar refractivity (Wildman–Crippen MR) is 35.0 cm³/mol. The number of carboxylic acid groups (broad SMARTS) is 1. The quantitative estimate of drug-likeness (QED) is 0.425. The first-order valence-electron chi connectivity index (χ1n) is 1.87. The first-order valence-corrected chi connectivity index (χ1v) is 2.67. The molecule has 0 heterocycles. The lowest BCUT2D eigenvalue weighted by Gasteiger charge is -2.15. The lowest BCUT2D eigenvalue weighted by molar-refractivity contribution is -0.205. The highest BCUT2D eigenvalue weighted by molar-refractivity contribution is 9.10. The second-order valence-corrected chi connectivity index (χ2v) is 2.47. The summed E-state index contributed by atoms with van der Waals surface area (Å²) in [7, 11) is 0. The van der Waals surface area contributed by atoms with E-state index in [0.717, 1.165) is 0 Å². The van der Waals surface area contributed by atoms with E-state index in [1.165, 1.54) is 15.9 Å². The van der Waals surface area contributed by atoms with E-state index >= 15 is 0 Å². The molecule has 8 heteroatoms. The molecule has 0 rings (SSSR count). The largest absolute Gasteiger partial charge is 0.478 e. The molecule has 1 unspecified atom stereocenters. The Morgan fingerprint density at radius 2 is 1.55 bits per heavy atom. The maximum absolute atomic E-state index is 11.9. The van der Waals surface area contributed by atoms with Gasteiger partial charge in [-0.25, -0.2) is 9.18 Å². The van der Waals surface area contributed by atoms with Gasteiger partial charge in [0, 0.05) is 0 Å². The highest BCUT2D eigenvalue weighted by atomic mass is 79.9. The molecule has 0 aliphatic heterocycles. The van der Waals surface area contributed by atoms with Crippen LogP contribution in [0.3, 0.4) is 0 Å². The molecule has 0 radical (unpaired) electrons. The normalized spacial score (nSPS) is 16.5. The van der Waals surface area contributed by atoms with Gasteiger partial charge in [0.15, 0.2) is 0 Å². The van der Waals surface area contributed by atoms with E-state index in [2.05, 4.69) is 0 Å². The summed E-state index contributed by atoms with van der Waals surface area (Å²) >= 11 is 1.38. The number of rotatable bonds is 1. The summed E-state index contributed by atoms with van der Waals surface area (Å²) in [6.45, 7) is 0. The van der Waals surface area contributed by atoms with Gasteiger partial charge >= 0.3 is 39.8 Å². The van der Waals surface area contributed by atoms with Crippen LogP contribution in [0.2, 0.25) is 0 Å². The highest BCUT2D eigenvalue weighted by Crippen LogP contribution is 2.39. The lowest BCUT2D eigenvalue weighted by Crippen LogP contribution is -2.42. The number of carboxylic acids is 1. The SMILES string of the molecule is O=C(O)C(F)(Br)C(F)(F)F.[MgH2]. The van der Waals surface area contributed by atoms with Gasteiger partial charge in [0.05, 0.1) is 0 Å². The summed E-state index contributed by atoms with van der Waals surface area (Å²) in [6.07, 6.45) is -5.43. The van der Waals surface area contributed by atoms with Crippen LogP contribution >= 0.6 is 15.9 Å². The maximum Gasteiger partial charge on any atom is 0.444 e. The minimum Gasteiger partial charge on any atom is -0.478 e. The number of hydrogen-bond acceptors (Lipinski definition) is 1. The second-order valence-electron chi connectivity index (χ2n) is 1.38. The fourth-order valence-electron chi connectivity index (χ4n) is 0.121. The van der Waals surface area contributed by atoms with Gasteiger partial charge in [0.25, 0.3) is 0 Å². The Morgan fingerprint density at radius 3 is 1.55 bits per heavy atom. The van der Waals surface area contributed by atoms with Crippen LogP contribution in [0.25, 0.3) is 0 Å². The number of halogens is 5. The first-order chi connectivity index (χ1) is 4.19. The van der Waals surface area contributed by atoms with E-state index in [9.17, 15) is 22.4 Å². The van der Waals surface area contributed by atoms with Gasteiger partial charge in [-0.3, -0.25) is 0 Å². The van der Waals surface area contributed by atoms with Gasteiger partial charge < -0.3 is 5.11 Å². The third-order valence-electron chi connectivity index (χ3n) is 0.625. The zero-order valence-corrected chi connectivity index (χ0v) is 5.83. The molecule has 64 valence electrons. The first kappa shape index (κ1) is 14.0. The second kappa shape index (κ2) is 3.90. The number of aliphatic carboxylic acids is 1. The molecule has 1 N–H and O–H groups in total. The number of carbonyl (C=O) groups is 1. The van der Waals surface area contributed by atoms with Gasteiger partial charge in [-0.1, -0.05) is 0 Å². The van der Waals surface area contributed by atoms with Crippen LogP contribution in [0.4, 0.5) is 17.6 Å². The molecule has 0 bridgehead atoms. The molecule has 0 saturated carbocycles. The van der Waals surface area contributed by atoms with Crippen molar-refractivity contribution in [2.24, 2.45) is 0 Å². The van der Waals surface area contributed by atoms with Gasteiger partial charge in [-0.15, -0.1) is 0 Å². The smallest absolute Gasteiger partial charge is 0.444 e. The Hall–Kier alpha value is 0.436. The van der Waals surface area contributed by atoms with Gasteiger partial charge in [-0.2, -0.15) is 13.2 Å². The van der Waals surface area contributed by atoms with Crippen molar-refractivity contribution >= 4 is 45.0 Å². The van der Waals surface area contributed by atoms with E-state index in [1.807, 2.05) is 0 Å². The number of hydrogen-bond donors (Lipinski definition) is 1. The van der Waals surface area contributed by atoms with Crippen molar-refractivity contribution in [1.29, 1.82) is 0 Å². The molecule has 0 aromatic carbocycles. The molecule has 0 aliphatic rings. The highest BCUT2D eigenvalue weighted by Gasteiger charge is 2.60. The average molecular weight is 251 g/mol. The molecule has 0 spiro atoms. The van der Waals surface area contributed by atoms with Crippen LogP contribution in [0.5, 0.6) is 0 Å². The topological polar surface area (TPSA) is 37.3 Å². The van der Waals surface area contributed by atoms with Crippen LogP contribution in [0, 0.1) is 0 Å². The maximum atomic E-state index is 11.9. The molecular weight excluding hydrogens is 248 g/mol. The zero-order valence-electron chi connectivity index (χ0n) is 4.25. The number of alkyl halides is 5. The zero-order chi connectivity index (χ0) is 8.58. The monoisotopic (exact) mass is 250 g/mol. The molecule has 0 aromatic rings. The summed E-state index contributed by atoms with van der Waals surface area (Å²) in [6, 6.07) is 0. The lowest BCUT2D eigenvalue weighted by atomic mass is 10.4. The summed E-state index contributed by atoms with van der Waals surface area (Å²) in [5.41, 5.74) is 0. The molecule has 2 nitrogen and oxygen atoms in total. The van der Waals surface area contributed by atoms with Crippen LogP contribution < -0.4 is 0 Å². The molecule has 0 aliphatic carbocycles. The van der Waals surface area contributed by atoms with Crippen LogP contribution in [-0.4, -0.2) is 44.9 Å². The van der Waals surface area contributed by atoms with Crippen LogP contribution in [0.15, 0.2) is 0 Å². The fraction of sp³-hybridized carbons (Fsp3) is 0.667. The third-order valence-corrected chi connectivity index (χ3v) is 1.41. The summed E-state index contributed by atoms with van der Waals surface area (Å²) in [5.74, 6) is -2.61. The van der Waals surface area contributed by atoms with Crippen molar-refractivity contribution in [3.8, 4) is 0 Å². The standard InChI is InChI=1S/C3HBrF4O2.Mg.2H/c4-2(5,1(9)10)3(6,7)8;;;/h(H,9,10);;;. The Balaban J connectivity index is 0. The summed E-state index contributed by atoms with van der Waals surface area (Å²) < 4.78 is 41.4. The summed E-state index contributed by atoms with van der Waals surface area (Å²) in [5, 5.41) is 7.64. The van der Waals surface area contributed by atoms with Crippen LogP contribution in [0.1, 0.15) is 0 Å². The molecule has 0 amide bonds. The molecule has 0 saturated heterocycles. The average Bonchev–Trinajstić information content (AvgIpc) is 1.62. The predicted octanol–water partition coefficient (Wildman–Crippen LogP) is 0.778. The van der Waals surface area contributed by atoms with E-state index in [4.69, 9.17) is 5.11 Å². The van der Waals surface area contributed by atoms with Crippen molar-refractivity contribution in [1.82, 2.24) is 0 Å². The van der Waals surface area contributed by atoms with E-state index in [1.54, 1.807) is 0 Å². The van der Waals surface area contributed by atoms with E-state index in [0.29, 0.717) is 0 Å². The molecule has 0 aromatic heterocycles. The van der Waals surface area contributed by atoms with Crippen LogP contribution in [-0.2, 0) is 4.79 Å².